The van der Waals surface area contributed by atoms with Gasteiger partial charge in [-0.3, -0.25) is 14.6 Å². The van der Waals surface area contributed by atoms with Crippen LogP contribution in [-0.2, 0) is 14.3 Å². The molecule has 2 rings (SSSR count). The Hall–Kier alpha value is -2.31. The zero-order valence-electron chi connectivity index (χ0n) is 22.2. The van der Waals surface area contributed by atoms with Crippen molar-refractivity contribution in [3.05, 3.63) is 47.3 Å². The van der Waals surface area contributed by atoms with Gasteiger partial charge >= 0.3 is 5.97 Å². The highest BCUT2D eigenvalue weighted by Gasteiger charge is 2.45. The van der Waals surface area contributed by atoms with Gasteiger partial charge in [-0.25, -0.2) is 0 Å². The van der Waals surface area contributed by atoms with Crippen LogP contribution in [0.3, 0.4) is 0 Å². The molecule has 6 heteroatoms. The first-order valence-electron chi connectivity index (χ1n) is 12.8. The second kappa shape index (κ2) is 12.6. The first kappa shape index (κ1) is 28.9. The second-order valence-corrected chi connectivity index (χ2v) is 10.6. The Morgan fingerprint density at radius 2 is 1.94 bits per heavy atom. The minimum absolute atomic E-state index is 0.0728. The van der Waals surface area contributed by atoms with Crippen molar-refractivity contribution in [2.24, 2.45) is 17.3 Å². The standard InChI is InChI=1S/C29H43NO5/c1-7-23-13-9-8-12-21(3)29(33,34)22(4)27(32)28(5,6)16-15-26(31)35-25(19-23)20(2)18-24-14-10-11-17-30-24/h10-11,13-14,17-18,21-22,25,33-34H,7-9,12,15-16,19H2,1-6H3. The highest BCUT2D eigenvalue weighted by molar-refractivity contribution is 5.87. The lowest BCUT2D eigenvalue weighted by Crippen LogP contribution is -2.49. The first-order valence-corrected chi connectivity index (χ1v) is 12.8. The van der Waals surface area contributed by atoms with Gasteiger partial charge in [0, 0.05) is 30.4 Å². The van der Waals surface area contributed by atoms with Crippen LogP contribution >= 0.6 is 0 Å². The molecule has 194 valence electrons. The summed E-state index contributed by atoms with van der Waals surface area (Å²) in [6.07, 6.45) is 9.35. The van der Waals surface area contributed by atoms with E-state index in [1.807, 2.05) is 31.2 Å². The van der Waals surface area contributed by atoms with Crippen molar-refractivity contribution < 1.29 is 24.5 Å². The van der Waals surface area contributed by atoms with Crippen molar-refractivity contribution >= 4 is 17.8 Å². The number of hydrogen-bond donors (Lipinski definition) is 2. The molecule has 3 unspecified atom stereocenters. The topological polar surface area (TPSA) is 96.7 Å². The molecule has 2 heterocycles. The quantitative estimate of drug-likeness (QED) is 0.327. The Morgan fingerprint density at radius 1 is 1.23 bits per heavy atom. The number of rotatable bonds is 3. The van der Waals surface area contributed by atoms with Gasteiger partial charge in [0.15, 0.2) is 5.79 Å². The molecule has 1 aliphatic heterocycles. The third-order valence-corrected chi connectivity index (χ3v) is 7.40. The van der Waals surface area contributed by atoms with E-state index in [2.05, 4.69) is 18.0 Å². The van der Waals surface area contributed by atoms with Gasteiger partial charge in [-0.2, -0.15) is 0 Å². The fraction of sp³-hybridized carbons (Fsp3) is 0.621. The monoisotopic (exact) mass is 485 g/mol. The molecule has 1 aromatic rings. The fourth-order valence-electron chi connectivity index (χ4n) is 4.60. The van der Waals surface area contributed by atoms with E-state index in [4.69, 9.17) is 4.74 Å². The first-order chi connectivity index (χ1) is 16.4. The Kier molecular flexibility index (Phi) is 10.4. The van der Waals surface area contributed by atoms with E-state index >= 15 is 0 Å². The maximum absolute atomic E-state index is 13.2. The number of pyridine rings is 1. The largest absolute Gasteiger partial charge is 0.457 e. The molecule has 0 radical (unpaired) electrons. The number of esters is 1. The van der Waals surface area contributed by atoms with Gasteiger partial charge in [0.1, 0.15) is 11.9 Å². The fourth-order valence-corrected chi connectivity index (χ4v) is 4.60. The lowest BCUT2D eigenvalue weighted by atomic mass is 9.73. The van der Waals surface area contributed by atoms with Crippen molar-refractivity contribution in [3.63, 3.8) is 0 Å². The Bertz CT molecular complexity index is 916. The molecular formula is C29H43NO5. The molecule has 0 spiro atoms. The number of ether oxygens (including phenoxy) is 1. The summed E-state index contributed by atoms with van der Waals surface area (Å²) in [5, 5.41) is 21.6. The summed E-state index contributed by atoms with van der Waals surface area (Å²) < 4.78 is 5.94. The minimum atomic E-state index is -2.10. The van der Waals surface area contributed by atoms with Gasteiger partial charge in [-0.15, -0.1) is 0 Å². The number of carbonyl (C=O) groups is 2. The van der Waals surface area contributed by atoms with Crippen LogP contribution in [0.15, 0.2) is 41.6 Å². The molecule has 3 atom stereocenters. The zero-order valence-corrected chi connectivity index (χ0v) is 22.2. The van der Waals surface area contributed by atoms with Crippen molar-refractivity contribution in [3.8, 4) is 0 Å². The van der Waals surface area contributed by atoms with Crippen LogP contribution in [0, 0.1) is 17.3 Å². The van der Waals surface area contributed by atoms with Gasteiger partial charge in [0.2, 0.25) is 0 Å². The summed E-state index contributed by atoms with van der Waals surface area (Å²) in [4.78, 5) is 30.4. The molecule has 0 aromatic carbocycles. The molecule has 6 nitrogen and oxygen atoms in total. The molecule has 0 fully saturated rings. The van der Waals surface area contributed by atoms with Crippen molar-refractivity contribution in [1.82, 2.24) is 4.98 Å². The summed E-state index contributed by atoms with van der Waals surface area (Å²) in [5.41, 5.74) is 2.02. The molecule has 0 amide bonds. The number of aliphatic hydroxyl groups is 2. The minimum Gasteiger partial charge on any atom is -0.457 e. The van der Waals surface area contributed by atoms with E-state index in [-0.39, 0.29) is 24.6 Å². The van der Waals surface area contributed by atoms with E-state index in [1.165, 1.54) is 5.57 Å². The molecule has 1 aromatic heterocycles. The van der Waals surface area contributed by atoms with Crippen molar-refractivity contribution in [2.75, 3.05) is 0 Å². The number of cyclic esters (lactones) is 1. The summed E-state index contributed by atoms with van der Waals surface area (Å²) >= 11 is 0. The third-order valence-electron chi connectivity index (χ3n) is 7.40. The van der Waals surface area contributed by atoms with Crippen LogP contribution in [0.25, 0.3) is 6.08 Å². The Labute approximate surface area is 210 Å². The molecule has 35 heavy (non-hydrogen) atoms. The van der Waals surface area contributed by atoms with Crippen LogP contribution < -0.4 is 0 Å². The molecule has 0 saturated heterocycles. The Morgan fingerprint density at radius 3 is 2.57 bits per heavy atom. The molecule has 2 N–H and O–H groups in total. The van der Waals surface area contributed by atoms with Gasteiger partial charge in [-0.05, 0) is 62.8 Å². The number of aromatic nitrogens is 1. The smallest absolute Gasteiger partial charge is 0.306 e. The van der Waals surface area contributed by atoms with Crippen LogP contribution in [-0.4, -0.2) is 38.8 Å². The highest BCUT2D eigenvalue weighted by Crippen LogP contribution is 2.36. The predicted octanol–water partition coefficient (Wildman–Crippen LogP) is 5.64. The zero-order chi connectivity index (χ0) is 26.2. The lowest BCUT2D eigenvalue weighted by molar-refractivity contribution is -0.230. The number of ketones is 1. The lowest BCUT2D eigenvalue weighted by Gasteiger charge is -2.37. The third kappa shape index (κ3) is 8.11. The van der Waals surface area contributed by atoms with Gasteiger partial charge in [0.25, 0.3) is 0 Å². The predicted molar refractivity (Wildman–Crippen MR) is 138 cm³/mol. The van der Waals surface area contributed by atoms with E-state index in [0.717, 1.165) is 30.5 Å². The number of nitrogens with zero attached hydrogens (tertiary/aromatic N) is 1. The van der Waals surface area contributed by atoms with E-state index < -0.39 is 29.1 Å². The van der Waals surface area contributed by atoms with E-state index in [1.54, 1.807) is 33.9 Å². The number of hydrogen-bond acceptors (Lipinski definition) is 6. The molecule has 1 aliphatic rings. The molecule has 0 bridgehead atoms. The van der Waals surface area contributed by atoms with Crippen LogP contribution in [0.5, 0.6) is 0 Å². The van der Waals surface area contributed by atoms with Crippen LogP contribution in [0.2, 0.25) is 0 Å². The molecule has 0 saturated carbocycles. The highest BCUT2D eigenvalue weighted by atomic mass is 16.5. The van der Waals surface area contributed by atoms with Crippen molar-refractivity contribution in [1.29, 1.82) is 0 Å². The van der Waals surface area contributed by atoms with Gasteiger partial charge in [-0.1, -0.05) is 52.3 Å². The maximum Gasteiger partial charge on any atom is 0.306 e. The SMILES string of the molecule is CCC1=CCCCC(C)C(O)(O)C(C)C(=O)C(C)(C)CCC(=O)OC(C(C)=Cc2ccccn2)C1. The Balaban J connectivity index is 2.35. The van der Waals surface area contributed by atoms with E-state index in [9.17, 15) is 19.8 Å². The number of allylic oxidation sites excluding steroid dienone is 1. The summed E-state index contributed by atoms with van der Waals surface area (Å²) in [5.74, 6) is -4.14. The van der Waals surface area contributed by atoms with Crippen LogP contribution in [0.1, 0.15) is 92.2 Å². The second-order valence-electron chi connectivity index (χ2n) is 10.6. The average molecular weight is 486 g/mol. The van der Waals surface area contributed by atoms with Crippen molar-refractivity contribution in [2.45, 2.75) is 98.4 Å². The average Bonchev–Trinajstić information content (AvgIpc) is 2.82. The molecule has 0 aliphatic carbocycles. The summed E-state index contributed by atoms with van der Waals surface area (Å²) in [7, 11) is 0. The number of carbonyl (C=O) groups excluding carboxylic acids is 2. The summed E-state index contributed by atoms with van der Waals surface area (Å²) in [6.45, 7) is 10.9. The summed E-state index contributed by atoms with van der Waals surface area (Å²) in [6, 6.07) is 5.69. The molecular weight excluding hydrogens is 442 g/mol. The van der Waals surface area contributed by atoms with Crippen LogP contribution in [0.4, 0.5) is 0 Å². The number of Topliss-reactive ketones (excluding diaryl/α,β-unsaturated/α-hetero) is 1. The van der Waals surface area contributed by atoms with Gasteiger partial charge in [0.05, 0.1) is 11.6 Å². The maximum atomic E-state index is 13.2. The van der Waals surface area contributed by atoms with E-state index in [0.29, 0.717) is 12.8 Å². The van der Waals surface area contributed by atoms with Gasteiger partial charge < -0.3 is 14.9 Å². The normalized spacial score (nSPS) is 27.1.